The highest BCUT2D eigenvalue weighted by Crippen LogP contribution is 2.30. The fourth-order valence-electron chi connectivity index (χ4n) is 4.50. The molecule has 2 aliphatic rings. The smallest absolute Gasteiger partial charge is 0.228 e. The van der Waals surface area contributed by atoms with Crippen molar-refractivity contribution in [1.29, 1.82) is 0 Å². The maximum atomic E-state index is 13.0. The van der Waals surface area contributed by atoms with E-state index in [-0.39, 0.29) is 11.3 Å². The van der Waals surface area contributed by atoms with Crippen molar-refractivity contribution < 1.29 is 9.53 Å². The zero-order valence-electron chi connectivity index (χ0n) is 15.9. The van der Waals surface area contributed by atoms with Crippen LogP contribution in [0.25, 0.3) is 0 Å². The zero-order chi connectivity index (χ0) is 17.4. The van der Waals surface area contributed by atoms with E-state index < -0.39 is 0 Å². The van der Waals surface area contributed by atoms with E-state index in [0.29, 0.717) is 18.6 Å². The number of likely N-dealkylation sites (tertiary alicyclic amines) is 1. The van der Waals surface area contributed by atoms with Crippen LogP contribution in [-0.2, 0) is 9.53 Å². The summed E-state index contributed by atoms with van der Waals surface area (Å²) in [5, 5.41) is 6.67. The van der Waals surface area contributed by atoms with Gasteiger partial charge in [-0.1, -0.05) is 26.7 Å². The largest absolute Gasteiger partial charge is 0.384 e. The second kappa shape index (κ2) is 9.73. The van der Waals surface area contributed by atoms with Crippen molar-refractivity contribution in [3.8, 4) is 0 Å². The van der Waals surface area contributed by atoms with Crippen LogP contribution in [0.4, 0.5) is 0 Å². The Bertz CT molecular complexity index is 365. The molecule has 0 aromatic rings. The molecule has 2 rings (SSSR count). The first-order valence-corrected chi connectivity index (χ1v) is 9.89. The van der Waals surface area contributed by atoms with Gasteiger partial charge in [-0.3, -0.25) is 9.69 Å². The first-order chi connectivity index (χ1) is 11.7. The van der Waals surface area contributed by atoms with Crippen molar-refractivity contribution >= 4 is 5.91 Å². The summed E-state index contributed by atoms with van der Waals surface area (Å²) in [6.07, 6.45) is 6.69. The second-order valence-corrected chi connectivity index (χ2v) is 7.56. The molecule has 5 heteroatoms. The third-order valence-electron chi connectivity index (χ3n) is 6.14. The Balaban J connectivity index is 1.99. The maximum absolute atomic E-state index is 13.0. The van der Waals surface area contributed by atoms with Gasteiger partial charge in [-0.25, -0.2) is 0 Å². The van der Waals surface area contributed by atoms with Gasteiger partial charge in [0.15, 0.2) is 0 Å². The fourth-order valence-corrected chi connectivity index (χ4v) is 4.50. The normalized spacial score (nSPS) is 22.7. The molecule has 0 bridgehead atoms. The number of carbonyl (C=O) groups is 1. The number of rotatable bonds is 9. The lowest BCUT2D eigenvalue weighted by Gasteiger charge is -2.38. The standard InChI is InChI=1S/C19H37N3O2/c1-4-16(5-2)17(22-12-6-7-13-22)14-21-18(23)19(15-24-3)8-10-20-11-9-19/h16-17,20H,4-15H2,1-3H3,(H,21,23). The Labute approximate surface area is 147 Å². The molecule has 0 radical (unpaired) electrons. The van der Waals surface area contributed by atoms with E-state index in [9.17, 15) is 4.79 Å². The monoisotopic (exact) mass is 339 g/mol. The van der Waals surface area contributed by atoms with Crippen molar-refractivity contribution in [3.05, 3.63) is 0 Å². The van der Waals surface area contributed by atoms with Crippen LogP contribution in [0.1, 0.15) is 52.4 Å². The molecule has 0 aromatic heterocycles. The molecule has 1 atom stereocenters. The van der Waals surface area contributed by atoms with Crippen molar-refractivity contribution in [2.75, 3.05) is 46.4 Å². The van der Waals surface area contributed by atoms with Crippen molar-refractivity contribution in [2.24, 2.45) is 11.3 Å². The molecular formula is C19H37N3O2. The number of piperidine rings is 1. The molecule has 1 amide bonds. The Morgan fingerprint density at radius 3 is 2.38 bits per heavy atom. The predicted octanol–water partition coefficient (Wildman–Crippen LogP) is 2.02. The minimum Gasteiger partial charge on any atom is -0.384 e. The lowest BCUT2D eigenvalue weighted by Crippen LogP contribution is -2.54. The third-order valence-corrected chi connectivity index (χ3v) is 6.14. The van der Waals surface area contributed by atoms with E-state index in [1.807, 2.05) is 0 Å². The summed E-state index contributed by atoms with van der Waals surface area (Å²) in [6, 6.07) is 0.479. The van der Waals surface area contributed by atoms with E-state index >= 15 is 0 Å². The van der Waals surface area contributed by atoms with Gasteiger partial charge >= 0.3 is 0 Å². The maximum Gasteiger partial charge on any atom is 0.228 e. The number of hydrogen-bond acceptors (Lipinski definition) is 4. The number of ether oxygens (including phenoxy) is 1. The minimum atomic E-state index is -0.344. The molecule has 24 heavy (non-hydrogen) atoms. The molecule has 140 valence electrons. The fraction of sp³-hybridized carbons (Fsp3) is 0.947. The molecule has 2 fully saturated rings. The average molecular weight is 340 g/mol. The Kier molecular flexibility index (Phi) is 7.98. The van der Waals surface area contributed by atoms with E-state index in [1.165, 1.54) is 38.8 Å². The number of nitrogens with zero attached hydrogens (tertiary/aromatic N) is 1. The number of methoxy groups -OCH3 is 1. The van der Waals surface area contributed by atoms with Crippen LogP contribution in [0.2, 0.25) is 0 Å². The van der Waals surface area contributed by atoms with Crippen LogP contribution < -0.4 is 10.6 Å². The van der Waals surface area contributed by atoms with Crippen molar-refractivity contribution in [1.82, 2.24) is 15.5 Å². The molecule has 5 nitrogen and oxygen atoms in total. The average Bonchev–Trinajstić information content (AvgIpc) is 3.13. The Morgan fingerprint density at radius 2 is 1.83 bits per heavy atom. The van der Waals surface area contributed by atoms with Gasteiger partial charge in [0.05, 0.1) is 12.0 Å². The van der Waals surface area contributed by atoms with Crippen LogP contribution in [-0.4, -0.2) is 63.3 Å². The Hall–Kier alpha value is -0.650. The summed E-state index contributed by atoms with van der Waals surface area (Å²) in [4.78, 5) is 15.6. The summed E-state index contributed by atoms with van der Waals surface area (Å²) in [5.41, 5.74) is -0.344. The van der Waals surface area contributed by atoms with Crippen LogP contribution >= 0.6 is 0 Å². The quantitative estimate of drug-likeness (QED) is 0.675. The van der Waals surface area contributed by atoms with Gasteiger partial charge < -0.3 is 15.4 Å². The van der Waals surface area contributed by atoms with E-state index in [1.54, 1.807) is 7.11 Å². The highest BCUT2D eigenvalue weighted by Gasteiger charge is 2.40. The van der Waals surface area contributed by atoms with Crippen LogP contribution in [0.15, 0.2) is 0 Å². The van der Waals surface area contributed by atoms with Gasteiger partial charge in [-0.15, -0.1) is 0 Å². The summed E-state index contributed by atoms with van der Waals surface area (Å²) < 4.78 is 5.40. The van der Waals surface area contributed by atoms with Gasteiger partial charge in [-0.2, -0.15) is 0 Å². The number of carbonyl (C=O) groups excluding carboxylic acids is 1. The van der Waals surface area contributed by atoms with Crippen LogP contribution in [0, 0.1) is 11.3 Å². The van der Waals surface area contributed by atoms with Crippen molar-refractivity contribution in [2.45, 2.75) is 58.4 Å². The first-order valence-electron chi connectivity index (χ1n) is 9.89. The summed E-state index contributed by atoms with van der Waals surface area (Å²) in [5.74, 6) is 0.857. The molecule has 0 aromatic carbocycles. The topological polar surface area (TPSA) is 53.6 Å². The van der Waals surface area contributed by atoms with Gasteiger partial charge in [0, 0.05) is 19.7 Å². The number of hydrogen-bond donors (Lipinski definition) is 2. The highest BCUT2D eigenvalue weighted by molar-refractivity contribution is 5.83. The number of amides is 1. The summed E-state index contributed by atoms with van der Waals surface area (Å²) >= 11 is 0. The van der Waals surface area contributed by atoms with Gasteiger partial charge in [0.1, 0.15) is 0 Å². The van der Waals surface area contributed by atoms with E-state index in [0.717, 1.165) is 32.5 Å². The Morgan fingerprint density at radius 1 is 1.21 bits per heavy atom. The van der Waals surface area contributed by atoms with Crippen molar-refractivity contribution in [3.63, 3.8) is 0 Å². The highest BCUT2D eigenvalue weighted by atomic mass is 16.5. The zero-order valence-corrected chi connectivity index (χ0v) is 15.9. The lowest BCUT2D eigenvalue weighted by atomic mass is 9.78. The summed E-state index contributed by atoms with van der Waals surface area (Å²) in [6.45, 7) is 10.0. The first kappa shape index (κ1) is 19.7. The van der Waals surface area contributed by atoms with Gasteiger partial charge in [-0.05, 0) is 57.8 Å². The summed E-state index contributed by atoms with van der Waals surface area (Å²) in [7, 11) is 1.70. The molecule has 2 aliphatic heterocycles. The molecule has 0 saturated carbocycles. The van der Waals surface area contributed by atoms with Crippen LogP contribution in [0.5, 0.6) is 0 Å². The third kappa shape index (κ3) is 4.70. The second-order valence-electron chi connectivity index (χ2n) is 7.56. The molecule has 2 saturated heterocycles. The molecule has 1 unspecified atom stereocenters. The van der Waals surface area contributed by atoms with Gasteiger partial charge in [0.2, 0.25) is 5.91 Å². The molecule has 2 N–H and O–H groups in total. The molecule has 2 heterocycles. The minimum absolute atomic E-state index is 0.195. The molecule has 0 spiro atoms. The predicted molar refractivity (Wildman–Crippen MR) is 98.1 cm³/mol. The molecular weight excluding hydrogens is 302 g/mol. The van der Waals surface area contributed by atoms with Gasteiger partial charge in [0.25, 0.3) is 0 Å². The van der Waals surface area contributed by atoms with Crippen LogP contribution in [0.3, 0.4) is 0 Å². The van der Waals surface area contributed by atoms with E-state index in [4.69, 9.17) is 4.74 Å². The van der Waals surface area contributed by atoms with E-state index in [2.05, 4.69) is 29.4 Å². The lowest BCUT2D eigenvalue weighted by molar-refractivity contribution is -0.136. The SMILES string of the molecule is CCC(CC)C(CNC(=O)C1(COC)CCNCC1)N1CCCC1. The number of nitrogens with one attached hydrogen (secondary N) is 2. The molecule has 0 aliphatic carbocycles.